The standard InChI is InChI=1S/C12H12ClFN2O5/c1-3-21-12(19)6-5-15-11(13)9(14)10(6)16-7(17)4-8(18)20-2/h5H,3-4H2,1-2H3,(H,15,16,17). The fourth-order valence-corrected chi connectivity index (χ4v) is 1.48. The summed E-state index contributed by atoms with van der Waals surface area (Å²) >= 11 is 5.50. The fourth-order valence-electron chi connectivity index (χ4n) is 1.34. The van der Waals surface area contributed by atoms with Crippen LogP contribution in [0.25, 0.3) is 0 Å². The Hall–Kier alpha value is -2.22. The lowest BCUT2D eigenvalue weighted by atomic mass is 10.2. The summed E-state index contributed by atoms with van der Waals surface area (Å²) in [7, 11) is 1.10. The number of amides is 1. The molecule has 0 radical (unpaired) electrons. The molecule has 0 saturated heterocycles. The number of rotatable bonds is 5. The first-order valence-electron chi connectivity index (χ1n) is 5.78. The molecule has 0 fully saturated rings. The van der Waals surface area contributed by atoms with Crippen LogP contribution >= 0.6 is 11.6 Å². The van der Waals surface area contributed by atoms with Crippen LogP contribution in [0.5, 0.6) is 0 Å². The molecule has 1 aromatic rings. The van der Waals surface area contributed by atoms with E-state index in [0.717, 1.165) is 13.3 Å². The van der Waals surface area contributed by atoms with E-state index in [0.29, 0.717) is 0 Å². The van der Waals surface area contributed by atoms with Crippen molar-refractivity contribution >= 4 is 35.1 Å². The van der Waals surface area contributed by atoms with Gasteiger partial charge in [-0.05, 0) is 6.92 Å². The summed E-state index contributed by atoms with van der Waals surface area (Å²) < 4.78 is 22.9. The van der Waals surface area contributed by atoms with Crippen LogP contribution in [-0.4, -0.2) is 36.5 Å². The Morgan fingerprint density at radius 2 is 2.10 bits per heavy atom. The number of esters is 2. The lowest BCUT2D eigenvalue weighted by Crippen LogP contribution is -2.21. The van der Waals surface area contributed by atoms with Crippen molar-refractivity contribution in [3.8, 4) is 0 Å². The van der Waals surface area contributed by atoms with Crippen LogP contribution in [0, 0.1) is 5.82 Å². The Balaban J connectivity index is 3.08. The number of anilines is 1. The van der Waals surface area contributed by atoms with E-state index in [2.05, 4.69) is 15.0 Å². The van der Waals surface area contributed by atoms with E-state index >= 15 is 0 Å². The van der Waals surface area contributed by atoms with Crippen LogP contribution in [0.15, 0.2) is 6.20 Å². The van der Waals surface area contributed by atoms with Crippen molar-refractivity contribution in [2.24, 2.45) is 0 Å². The molecule has 0 atom stereocenters. The predicted molar refractivity (Wildman–Crippen MR) is 70.4 cm³/mol. The third-order valence-electron chi connectivity index (χ3n) is 2.27. The maximum Gasteiger partial charge on any atom is 0.341 e. The molecule has 9 heteroatoms. The molecular weight excluding hydrogens is 307 g/mol. The zero-order valence-corrected chi connectivity index (χ0v) is 12.0. The summed E-state index contributed by atoms with van der Waals surface area (Å²) in [6.07, 6.45) is 0.329. The van der Waals surface area contributed by atoms with Crippen LogP contribution in [-0.2, 0) is 19.1 Å². The molecule has 1 N–H and O–H groups in total. The number of methoxy groups -OCH3 is 1. The molecule has 0 spiro atoms. The van der Waals surface area contributed by atoms with E-state index in [1.165, 1.54) is 0 Å². The number of halogens is 2. The molecule has 7 nitrogen and oxygen atoms in total. The van der Waals surface area contributed by atoms with E-state index < -0.39 is 40.9 Å². The van der Waals surface area contributed by atoms with Crippen LogP contribution in [0.2, 0.25) is 5.15 Å². The highest BCUT2D eigenvalue weighted by Gasteiger charge is 2.22. The minimum absolute atomic E-state index is 0.0542. The molecule has 114 valence electrons. The highest BCUT2D eigenvalue weighted by atomic mass is 35.5. The number of hydrogen-bond donors (Lipinski definition) is 1. The van der Waals surface area contributed by atoms with E-state index in [1.54, 1.807) is 6.92 Å². The average molecular weight is 319 g/mol. The summed E-state index contributed by atoms with van der Waals surface area (Å²) in [5.74, 6) is -3.66. The number of pyridine rings is 1. The van der Waals surface area contributed by atoms with Gasteiger partial charge in [-0.3, -0.25) is 9.59 Å². The Morgan fingerprint density at radius 1 is 1.43 bits per heavy atom. The van der Waals surface area contributed by atoms with E-state index in [4.69, 9.17) is 16.3 Å². The number of carbonyl (C=O) groups excluding carboxylic acids is 3. The fraction of sp³-hybridized carbons (Fsp3) is 0.333. The molecular formula is C12H12ClFN2O5. The number of hydrogen-bond acceptors (Lipinski definition) is 6. The number of ether oxygens (including phenoxy) is 2. The Bertz CT molecular complexity index is 579. The van der Waals surface area contributed by atoms with Crippen LogP contribution in [0.3, 0.4) is 0 Å². The number of carbonyl (C=O) groups is 3. The van der Waals surface area contributed by atoms with Gasteiger partial charge in [0.25, 0.3) is 0 Å². The first kappa shape index (κ1) is 16.8. The maximum absolute atomic E-state index is 13.9. The van der Waals surface area contributed by atoms with Gasteiger partial charge in [-0.15, -0.1) is 0 Å². The molecule has 0 bridgehead atoms. The second-order valence-electron chi connectivity index (χ2n) is 3.67. The number of aromatic nitrogens is 1. The lowest BCUT2D eigenvalue weighted by Gasteiger charge is -2.11. The van der Waals surface area contributed by atoms with Crippen molar-refractivity contribution in [1.29, 1.82) is 0 Å². The van der Waals surface area contributed by atoms with Gasteiger partial charge in [-0.1, -0.05) is 11.6 Å². The van der Waals surface area contributed by atoms with E-state index in [1.807, 2.05) is 0 Å². The normalized spacial score (nSPS) is 9.90. The van der Waals surface area contributed by atoms with E-state index in [-0.39, 0.29) is 12.2 Å². The topological polar surface area (TPSA) is 94.6 Å². The Labute approximate surface area is 124 Å². The quantitative estimate of drug-likeness (QED) is 0.503. The largest absolute Gasteiger partial charge is 0.469 e. The molecule has 0 aromatic carbocycles. The zero-order chi connectivity index (χ0) is 16.0. The Morgan fingerprint density at radius 3 is 2.67 bits per heavy atom. The van der Waals surface area contributed by atoms with Crippen molar-refractivity contribution in [2.45, 2.75) is 13.3 Å². The summed E-state index contributed by atoms with van der Waals surface area (Å²) in [6, 6.07) is 0. The van der Waals surface area contributed by atoms with Gasteiger partial charge in [0.1, 0.15) is 12.0 Å². The smallest absolute Gasteiger partial charge is 0.341 e. The molecule has 1 rings (SSSR count). The second kappa shape index (κ2) is 7.53. The van der Waals surface area contributed by atoms with Gasteiger partial charge >= 0.3 is 11.9 Å². The highest BCUT2D eigenvalue weighted by Crippen LogP contribution is 2.25. The van der Waals surface area contributed by atoms with Gasteiger partial charge in [0.15, 0.2) is 11.0 Å². The van der Waals surface area contributed by atoms with Crippen molar-refractivity contribution < 1.29 is 28.2 Å². The molecule has 0 aliphatic rings. The van der Waals surface area contributed by atoms with Crippen LogP contribution in [0.4, 0.5) is 10.1 Å². The minimum Gasteiger partial charge on any atom is -0.469 e. The third-order valence-corrected chi connectivity index (χ3v) is 2.53. The van der Waals surface area contributed by atoms with Crippen molar-refractivity contribution in [3.63, 3.8) is 0 Å². The zero-order valence-electron chi connectivity index (χ0n) is 11.2. The molecule has 0 saturated carbocycles. The molecule has 0 aliphatic heterocycles. The average Bonchev–Trinajstić information content (AvgIpc) is 2.44. The molecule has 0 unspecified atom stereocenters. The van der Waals surface area contributed by atoms with Crippen molar-refractivity contribution in [1.82, 2.24) is 4.98 Å². The van der Waals surface area contributed by atoms with Gasteiger partial charge < -0.3 is 14.8 Å². The summed E-state index contributed by atoms with van der Waals surface area (Å²) in [5.41, 5.74) is -0.806. The monoisotopic (exact) mass is 318 g/mol. The third kappa shape index (κ3) is 4.38. The van der Waals surface area contributed by atoms with Crippen molar-refractivity contribution in [3.05, 3.63) is 22.7 Å². The number of nitrogens with zero attached hydrogens (tertiary/aromatic N) is 1. The molecule has 1 amide bonds. The predicted octanol–water partition coefficient (Wildman–Crippen LogP) is 1.55. The summed E-state index contributed by atoms with van der Waals surface area (Å²) in [4.78, 5) is 37.7. The minimum atomic E-state index is -1.10. The highest BCUT2D eigenvalue weighted by molar-refractivity contribution is 6.30. The molecule has 1 heterocycles. The first-order chi connectivity index (χ1) is 9.90. The van der Waals surface area contributed by atoms with E-state index in [9.17, 15) is 18.8 Å². The Kier molecular flexibility index (Phi) is 6.04. The summed E-state index contributed by atoms with van der Waals surface area (Å²) in [5, 5.41) is 1.55. The SMILES string of the molecule is CCOC(=O)c1cnc(Cl)c(F)c1NC(=O)CC(=O)OC. The molecule has 1 aromatic heterocycles. The maximum atomic E-state index is 13.9. The summed E-state index contributed by atoms with van der Waals surface area (Å²) in [6.45, 7) is 1.62. The van der Waals surface area contributed by atoms with Gasteiger partial charge in [0.05, 0.1) is 19.4 Å². The second-order valence-corrected chi connectivity index (χ2v) is 4.03. The van der Waals surface area contributed by atoms with Gasteiger partial charge in [0.2, 0.25) is 5.91 Å². The van der Waals surface area contributed by atoms with Crippen LogP contribution in [0.1, 0.15) is 23.7 Å². The molecule has 21 heavy (non-hydrogen) atoms. The van der Waals surface area contributed by atoms with Gasteiger partial charge in [-0.2, -0.15) is 0 Å². The van der Waals surface area contributed by atoms with Gasteiger partial charge in [0, 0.05) is 6.20 Å². The first-order valence-corrected chi connectivity index (χ1v) is 6.16. The lowest BCUT2D eigenvalue weighted by molar-refractivity contribution is -0.142. The van der Waals surface area contributed by atoms with Crippen molar-refractivity contribution in [2.75, 3.05) is 19.0 Å². The molecule has 0 aliphatic carbocycles. The van der Waals surface area contributed by atoms with Crippen LogP contribution < -0.4 is 5.32 Å². The number of nitrogens with one attached hydrogen (secondary N) is 1. The van der Waals surface area contributed by atoms with Gasteiger partial charge in [-0.25, -0.2) is 14.2 Å².